The fourth-order valence-corrected chi connectivity index (χ4v) is 2.16. The van der Waals surface area contributed by atoms with Gasteiger partial charge in [-0.25, -0.2) is 9.97 Å². The van der Waals surface area contributed by atoms with Gasteiger partial charge in [0.15, 0.2) is 0 Å². The van der Waals surface area contributed by atoms with Gasteiger partial charge in [0.25, 0.3) is 0 Å². The first-order chi connectivity index (χ1) is 9.29. The summed E-state index contributed by atoms with van der Waals surface area (Å²) in [6.07, 6.45) is 3.84. The molecule has 0 atom stereocenters. The van der Waals surface area contributed by atoms with E-state index in [-0.39, 0.29) is 0 Å². The number of nitrogens with one attached hydrogen (secondary N) is 1. The van der Waals surface area contributed by atoms with Crippen LogP contribution in [0.5, 0.6) is 0 Å². The minimum absolute atomic E-state index is 0.616. The van der Waals surface area contributed by atoms with E-state index in [0.717, 1.165) is 50.8 Å². The van der Waals surface area contributed by atoms with Gasteiger partial charge < -0.3 is 20.7 Å². The molecule has 1 aromatic rings. The molecule has 0 aliphatic carbocycles. The lowest BCUT2D eigenvalue weighted by atomic mass is 10.0. The van der Waals surface area contributed by atoms with Crippen LogP contribution in [0.2, 0.25) is 0 Å². The average molecular weight is 265 g/mol. The Bertz CT molecular complexity index is 381. The molecular weight excluding hydrogens is 242 g/mol. The third kappa shape index (κ3) is 4.33. The molecule has 1 saturated heterocycles. The highest BCUT2D eigenvalue weighted by Crippen LogP contribution is 2.17. The molecule has 0 unspecified atom stereocenters. The second-order valence-corrected chi connectivity index (χ2v) is 4.91. The summed E-state index contributed by atoms with van der Waals surface area (Å²) in [5.41, 5.74) is 5.55. The van der Waals surface area contributed by atoms with Crippen molar-refractivity contribution in [2.45, 2.75) is 12.8 Å². The number of hydrogen-bond donors (Lipinski definition) is 2. The van der Waals surface area contributed by atoms with Gasteiger partial charge in [0.2, 0.25) is 0 Å². The number of nitrogens with zero attached hydrogens (tertiary/aromatic N) is 3. The zero-order chi connectivity index (χ0) is 13.5. The van der Waals surface area contributed by atoms with Crippen molar-refractivity contribution < 1.29 is 4.74 Å². The van der Waals surface area contributed by atoms with E-state index >= 15 is 0 Å². The summed E-state index contributed by atoms with van der Waals surface area (Å²) in [5, 5.41) is 3.39. The van der Waals surface area contributed by atoms with Crippen LogP contribution in [0.1, 0.15) is 12.8 Å². The van der Waals surface area contributed by atoms with Crippen LogP contribution in [-0.4, -0.2) is 49.9 Å². The van der Waals surface area contributed by atoms with E-state index in [0.29, 0.717) is 12.5 Å². The molecule has 0 spiro atoms. The van der Waals surface area contributed by atoms with Crippen molar-refractivity contribution in [2.75, 3.05) is 50.1 Å². The number of ether oxygens (including phenoxy) is 1. The zero-order valence-electron chi connectivity index (χ0n) is 11.5. The lowest BCUT2D eigenvalue weighted by Gasteiger charge is -2.23. The molecule has 1 aromatic heterocycles. The summed E-state index contributed by atoms with van der Waals surface area (Å²) in [5.74, 6) is 2.45. The monoisotopic (exact) mass is 265 g/mol. The Hall–Kier alpha value is -1.40. The van der Waals surface area contributed by atoms with Crippen molar-refractivity contribution in [3.63, 3.8) is 0 Å². The molecule has 3 N–H and O–H groups in total. The van der Waals surface area contributed by atoms with Crippen LogP contribution < -0.4 is 16.0 Å². The molecule has 6 nitrogen and oxygen atoms in total. The first-order valence-electron chi connectivity index (χ1n) is 6.84. The highest BCUT2D eigenvalue weighted by Gasteiger charge is 2.13. The minimum atomic E-state index is 0.616. The maximum Gasteiger partial charge on any atom is 0.133 e. The smallest absolute Gasteiger partial charge is 0.133 e. The first kappa shape index (κ1) is 14.0. The summed E-state index contributed by atoms with van der Waals surface area (Å²) in [4.78, 5) is 10.5. The number of likely N-dealkylation sites (N-methyl/N-ethyl adjacent to an activating group) is 1. The second-order valence-electron chi connectivity index (χ2n) is 4.91. The van der Waals surface area contributed by atoms with E-state index in [1.54, 1.807) is 6.33 Å². The minimum Gasteiger partial charge on any atom is -0.381 e. The Morgan fingerprint density at radius 1 is 1.42 bits per heavy atom. The Morgan fingerprint density at radius 2 is 2.21 bits per heavy atom. The standard InChI is InChI=1S/C13H23N5O/c1-18(5-4-14)13-8-12(16-10-17-13)15-9-11-2-6-19-7-3-11/h8,10-11H,2-7,9,14H2,1H3,(H,15,16,17). The van der Waals surface area contributed by atoms with Gasteiger partial charge >= 0.3 is 0 Å². The maximum atomic E-state index is 5.55. The van der Waals surface area contributed by atoms with Gasteiger partial charge in [-0.05, 0) is 18.8 Å². The average Bonchev–Trinajstić information content (AvgIpc) is 2.47. The van der Waals surface area contributed by atoms with Crippen LogP contribution in [0, 0.1) is 5.92 Å². The summed E-state index contributed by atoms with van der Waals surface area (Å²) in [7, 11) is 1.98. The Morgan fingerprint density at radius 3 is 2.95 bits per heavy atom. The van der Waals surface area contributed by atoms with Crippen LogP contribution in [0.3, 0.4) is 0 Å². The number of nitrogens with two attached hydrogens (primary N) is 1. The molecule has 2 heterocycles. The van der Waals surface area contributed by atoms with Crippen molar-refractivity contribution in [3.8, 4) is 0 Å². The molecule has 19 heavy (non-hydrogen) atoms. The highest BCUT2D eigenvalue weighted by molar-refractivity contribution is 5.47. The molecule has 0 radical (unpaired) electrons. The first-order valence-corrected chi connectivity index (χ1v) is 6.84. The Balaban J connectivity index is 1.87. The summed E-state index contributed by atoms with van der Waals surface area (Å²) in [6.45, 7) is 4.10. The molecule has 1 aliphatic rings. The molecule has 0 bridgehead atoms. The second kappa shape index (κ2) is 7.25. The molecule has 1 fully saturated rings. The van der Waals surface area contributed by atoms with E-state index in [4.69, 9.17) is 10.5 Å². The molecule has 6 heteroatoms. The summed E-state index contributed by atoms with van der Waals surface area (Å²) < 4.78 is 5.36. The van der Waals surface area contributed by atoms with Crippen LogP contribution >= 0.6 is 0 Å². The molecule has 2 rings (SSSR count). The lowest BCUT2D eigenvalue weighted by molar-refractivity contribution is 0.0699. The van der Waals surface area contributed by atoms with E-state index < -0.39 is 0 Å². The van der Waals surface area contributed by atoms with Gasteiger partial charge in [0, 0.05) is 46.0 Å². The third-order valence-corrected chi connectivity index (χ3v) is 3.42. The molecule has 0 aromatic carbocycles. The lowest BCUT2D eigenvalue weighted by Crippen LogP contribution is -2.26. The van der Waals surface area contributed by atoms with Crippen molar-refractivity contribution in [3.05, 3.63) is 12.4 Å². The van der Waals surface area contributed by atoms with Crippen LogP contribution in [-0.2, 0) is 4.74 Å². The van der Waals surface area contributed by atoms with Gasteiger partial charge in [-0.2, -0.15) is 0 Å². The number of aromatic nitrogens is 2. The molecule has 0 saturated carbocycles. The topological polar surface area (TPSA) is 76.3 Å². The van der Waals surface area contributed by atoms with Gasteiger partial charge in [-0.1, -0.05) is 0 Å². The van der Waals surface area contributed by atoms with Crippen molar-refractivity contribution in [1.82, 2.24) is 9.97 Å². The van der Waals surface area contributed by atoms with Gasteiger partial charge in [0.05, 0.1) is 0 Å². The highest BCUT2D eigenvalue weighted by atomic mass is 16.5. The van der Waals surface area contributed by atoms with E-state index in [1.807, 2.05) is 18.0 Å². The van der Waals surface area contributed by atoms with E-state index in [1.165, 1.54) is 0 Å². The fraction of sp³-hybridized carbons (Fsp3) is 0.692. The zero-order valence-corrected chi connectivity index (χ0v) is 11.5. The van der Waals surface area contributed by atoms with E-state index in [9.17, 15) is 0 Å². The van der Waals surface area contributed by atoms with Crippen molar-refractivity contribution in [1.29, 1.82) is 0 Å². The van der Waals surface area contributed by atoms with Gasteiger partial charge in [0.1, 0.15) is 18.0 Å². The SMILES string of the molecule is CN(CCN)c1cc(NCC2CCOCC2)ncn1. The van der Waals surface area contributed by atoms with Crippen molar-refractivity contribution in [2.24, 2.45) is 11.7 Å². The van der Waals surface area contributed by atoms with Gasteiger partial charge in [-0.15, -0.1) is 0 Å². The molecule has 1 aliphatic heterocycles. The predicted octanol–water partition coefficient (Wildman–Crippen LogP) is 0.710. The molecular formula is C13H23N5O. The van der Waals surface area contributed by atoms with Crippen molar-refractivity contribution >= 4 is 11.6 Å². The normalized spacial score (nSPS) is 16.3. The Kier molecular flexibility index (Phi) is 5.35. The predicted molar refractivity (Wildman–Crippen MR) is 76.4 cm³/mol. The molecule has 106 valence electrons. The van der Waals surface area contributed by atoms with E-state index in [2.05, 4.69) is 15.3 Å². The Labute approximate surface area is 114 Å². The number of hydrogen-bond acceptors (Lipinski definition) is 6. The maximum absolute atomic E-state index is 5.55. The van der Waals surface area contributed by atoms with Crippen LogP contribution in [0.4, 0.5) is 11.6 Å². The summed E-state index contributed by atoms with van der Waals surface area (Å²) in [6, 6.07) is 1.97. The fourth-order valence-electron chi connectivity index (χ4n) is 2.16. The summed E-state index contributed by atoms with van der Waals surface area (Å²) >= 11 is 0. The number of rotatable bonds is 6. The third-order valence-electron chi connectivity index (χ3n) is 3.42. The largest absolute Gasteiger partial charge is 0.381 e. The van der Waals surface area contributed by atoms with Gasteiger partial charge in [-0.3, -0.25) is 0 Å². The number of anilines is 2. The van der Waals surface area contributed by atoms with Crippen LogP contribution in [0.15, 0.2) is 12.4 Å². The quantitative estimate of drug-likeness (QED) is 0.789. The van der Waals surface area contributed by atoms with Crippen LogP contribution in [0.25, 0.3) is 0 Å². The molecule has 0 amide bonds.